The Bertz CT molecular complexity index is 936. The lowest BCUT2D eigenvalue weighted by Crippen LogP contribution is -2.06. The lowest BCUT2D eigenvalue weighted by Gasteiger charge is -2.05. The first-order chi connectivity index (χ1) is 12.4. The topological polar surface area (TPSA) is 34.5 Å². The number of hydrogen-bond acceptors (Lipinski definition) is 4. The van der Waals surface area contributed by atoms with Gasteiger partial charge in [0.25, 0.3) is 0 Å². The molecule has 2 aromatic carbocycles. The van der Waals surface area contributed by atoms with Crippen molar-refractivity contribution < 1.29 is 17.9 Å². The highest BCUT2D eigenvalue weighted by molar-refractivity contribution is 7.18. The largest absolute Gasteiger partial charge is 0.496 e. The summed E-state index contributed by atoms with van der Waals surface area (Å²) >= 11 is 6.68. The molecule has 0 radical (unpaired) electrons. The zero-order valence-corrected chi connectivity index (χ0v) is 15.0. The van der Waals surface area contributed by atoms with Crippen LogP contribution in [-0.4, -0.2) is 18.3 Å². The van der Waals surface area contributed by atoms with Gasteiger partial charge in [-0.15, -0.1) is 0 Å². The third kappa shape index (κ3) is 4.05. The highest BCUT2D eigenvalue weighted by atomic mass is 35.5. The Morgan fingerprint density at radius 3 is 2.46 bits per heavy atom. The molecule has 134 valence electrons. The van der Waals surface area contributed by atoms with Gasteiger partial charge in [0.05, 0.1) is 12.0 Å². The van der Waals surface area contributed by atoms with Gasteiger partial charge in [-0.1, -0.05) is 47.2 Å². The van der Waals surface area contributed by atoms with Crippen molar-refractivity contribution in [3.63, 3.8) is 0 Å². The maximum atomic E-state index is 13.4. The molecule has 3 nitrogen and oxygen atoms in total. The zero-order chi connectivity index (χ0) is 18.7. The molecule has 3 rings (SSSR count). The van der Waals surface area contributed by atoms with Crippen LogP contribution in [0.4, 0.5) is 18.3 Å². The maximum Gasteiger partial charge on any atom is 0.434 e. The van der Waals surface area contributed by atoms with Crippen LogP contribution >= 0.6 is 22.9 Å². The third-order valence-electron chi connectivity index (χ3n) is 3.44. The number of benzene rings is 2. The first kappa shape index (κ1) is 18.4. The van der Waals surface area contributed by atoms with Crippen molar-refractivity contribution in [1.82, 2.24) is 4.98 Å². The Morgan fingerprint density at radius 2 is 1.81 bits per heavy atom. The standard InChI is InChI=1S/C18H12ClF3N2OS/c1-25-14-5-3-2-4-12(14)10-23-17-24-16(18(20,21)22)15(26-17)11-6-8-13(19)9-7-11/h2-10H,1H3/b23-10+. The molecule has 0 aliphatic carbocycles. The number of rotatable bonds is 4. The number of para-hydroxylation sites is 1. The van der Waals surface area contributed by atoms with Crippen LogP contribution in [0.3, 0.4) is 0 Å². The molecule has 0 saturated heterocycles. The fraction of sp³-hybridized carbons (Fsp3) is 0.111. The number of halogens is 4. The van der Waals surface area contributed by atoms with E-state index in [4.69, 9.17) is 16.3 Å². The van der Waals surface area contributed by atoms with Crippen molar-refractivity contribution in [2.24, 2.45) is 4.99 Å². The number of aromatic nitrogens is 1. The number of aliphatic imine (C=N–C) groups is 1. The average Bonchev–Trinajstić information content (AvgIpc) is 3.05. The van der Waals surface area contributed by atoms with Crippen LogP contribution in [0.15, 0.2) is 53.5 Å². The highest BCUT2D eigenvalue weighted by Crippen LogP contribution is 2.43. The van der Waals surface area contributed by atoms with Gasteiger partial charge in [-0.3, -0.25) is 0 Å². The molecule has 8 heteroatoms. The van der Waals surface area contributed by atoms with Crippen LogP contribution in [0.5, 0.6) is 5.75 Å². The predicted octanol–water partition coefficient (Wildman–Crippen LogP) is 6.24. The smallest absolute Gasteiger partial charge is 0.434 e. The molecule has 0 aliphatic heterocycles. The third-order valence-corrected chi connectivity index (χ3v) is 4.71. The highest BCUT2D eigenvalue weighted by Gasteiger charge is 2.38. The molecule has 0 saturated carbocycles. The SMILES string of the molecule is COc1ccccc1/C=N/c1nc(C(F)(F)F)c(-c2ccc(Cl)cc2)s1. The number of hydrogen-bond donors (Lipinski definition) is 0. The summed E-state index contributed by atoms with van der Waals surface area (Å²) < 4.78 is 45.3. The molecule has 0 bridgehead atoms. The number of ether oxygens (including phenoxy) is 1. The van der Waals surface area contributed by atoms with Crippen molar-refractivity contribution in [3.05, 3.63) is 64.8 Å². The van der Waals surface area contributed by atoms with Gasteiger partial charge in [0.1, 0.15) is 5.75 Å². The summed E-state index contributed by atoms with van der Waals surface area (Å²) in [6, 6.07) is 13.2. The van der Waals surface area contributed by atoms with E-state index in [-0.39, 0.29) is 10.0 Å². The van der Waals surface area contributed by atoms with E-state index in [1.165, 1.54) is 37.6 Å². The molecule has 1 aromatic heterocycles. The minimum atomic E-state index is -4.58. The van der Waals surface area contributed by atoms with Crippen LogP contribution < -0.4 is 4.74 Å². The summed E-state index contributed by atoms with van der Waals surface area (Å²) in [6.07, 6.45) is -3.15. The molecule has 0 spiro atoms. The molecule has 0 atom stereocenters. The van der Waals surface area contributed by atoms with Gasteiger partial charge in [0.15, 0.2) is 5.69 Å². The quantitative estimate of drug-likeness (QED) is 0.489. The Balaban J connectivity index is 2.01. The van der Waals surface area contributed by atoms with Crippen molar-refractivity contribution in [2.75, 3.05) is 7.11 Å². The molecule has 0 N–H and O–H groups in total. The summed E-state index contributed by atoms with van der Waals surface area (Å²) in [7, 11) is 1.51. The second-order valence-electron chi connectivity index (χ2n) is 5.18. The van der Waals surface area contributed by atoms with E-state index in [1.54, 1.807) is 24.3 Å². The van der Waals surface area contributed by atoms with E-state index in [9.17, 15) is 13.2 Å². The van der Waals surface area contributed by atoms with Crippen LogP contribution in [0, 0.1) is 0 Å². The van der Waals surface area contributed by atoms with Gasteiger partial charge in [-0.05, 0) is 29.8 Å². The van der Waals surface area contributed by atoms with E-state index in [2.05, 4.69) is 9.98 Å². The van der Waals surface area contributed by atoms with E-state index < -0.39 is 11.9 Å². The zero-order valence-electron chi connectivity index (χ0n) is 13.4. The van der Waals surface area contributed by atoms with Gasteiger partial charge in [0, 0.05) is 16.8 Å². The Kier molecular flexibility index (Phi) is 5.29. The number of thiazole rings is 1. The van der Waals surface area contributed by atoms with E-state index >= 15 is 0 Å². The van der Waals surface area contributed by atoms with Gasteiger partial charge < -0.3 is 4.74 Å². The molecular formula is C18H12ClF3N2OS. The summed E-state index contributed by atoms with van der Waals surface area (Å²) in [5.74, 6) is 0.571. The van der Waals surface area contributed by atoms with Crippen molar-refractivity contribution in [2.45, 2.75) is 6.18 Å². The minimum absolute atomic E-state index is 0.00124. The molecule has 0 amide bonds. The van der Waals surface area contributed by atoms with Crippen LogP contribution in [0.2, 0.25) is 5.02 Å². The van der Waals surface area contributed by atoms with Crippen molar-refractivity contribution in [1.29, 1.82) is 0 Å². The second-order valence-corrected chi connectivity index (χ2v) is 6.59. The minimum Gasteiger partial charge on any atom is -0.496 e. The van der Waals surface area contributed by atoms with E-state index in [1.807, 2.05) is 0 Å². The Labute approximate surface area is 156 Å². The molecule has 26 heavy (non-hydrogen) atoms. The lowest BCUT2D eigenvalue weighted by atomic mass is 10.1. The number of methoxy groups -OCH3 is 1. The summed E-state index contributed by atoms with van der Waals surface area (Å²) in [5.41, 5.74) is 0.0711. The first-order valence-corrected chi connectivity index (χ1v) is 8.59. The van der Waals surface area contributed by atoms with Gasteiger partial charge in [0.2, 0.25) is 5.13 Å². The second kappa shape index (κ2) is 7.47. The normalized spacial score (nSPS) is 11.9. The lowest BCUT2D eigenvalue weighted by molar-refractivity contribution is -0.140. The summed E-state index contributed by atoms with van der Waals surface area (Å²) in [5, 5.41) is 0.453. The summed E-state index contributed by atoms with van der Waals surface area (Å²) in [4.78, 5) is 7.77. The van der Waals surface area contributed by atoms with Gasteiger partial charge >= 0.3 is 6.18 Å². The fourth-order valence-electron chi connectivity index (χ4n) is 2.25. The van der Waals surface area contributed by atoms with Crippen molar-refractivity contribution in [3.8, 4) is 16.2 Å². The maximum absolute atomic E-state index is 13.4. The predicted molar refractivity (Wildman–Crippen MR) is 97.8 cm³/mol. The molecule has 0 fully saturated rings. The van der Waals surface area contributed by atoms with Crippen molar-refractivity contribution >= 4 is 34.3 Å². The Morgan fingerprint density at radius 1 is 1.12 bits per heavy atom. The molecule has 0 unspecified atom stereocenters. The van der Waals surface area contributed by atoms with Gasteiger partial charge in [-0.2, -0.15) is 13.2 Å². The number of nitrogens with zero attached hydrogens (tertiary/aromatic N) is 2. The Hall–Kier alpha value is -2.38. The van der Waals surface area contributed by atoms with Gasteiger partial charge in [-0.25, -0.2) is 9.98 Å². The molecule has 1 heterocycles. The van der Waals surface area contributed by atoms with Crippen LogP contribution in [0.1, 0.15) is 11.3 Å². The first-order valence-electron chi connectivity index (χ1n) is 7.39. The molecule has 3 aromatic rings. The summed E-state index contributed by atoms with van der Waals surface area (Å²) in [6.45, 7) is 0. The van der Waals surface area contributed by atoms with E-state index in [0.29, 0.717) is 21.9 Å². The monoisotopic (exact) mass is 396 g/mol. The number of alkyl halides is 3. The van der Waals surface area contributed by atoms with Crippen LogP contribution in [-0.2, 0) is 6.18 Å². The van der Waals surface area contributed by atoms with E-state index in [0.717, 1.165) is 11.3 Å². The average molecular weight is 397 g/mol. The molecular weight excluding hydrogens is 385 g/mol. The van der Waals surface area contributed by atoms with Crippen LogP contribution in [0.25, 0.3) is 10.4 Å². The molecule has 0 aliphatic rings. The fourth-order valence-corrected chi connectivity index (χ4v) is 3.31.